The van der Waals surface area contributed by atoms with Crippen LogP contribution in [0.4, 0.5) is 0 Å². The fourth-order valence-corrected chi connectivity index (χ4v) is 3.85. The molecule has 0 aliphatic carbocycles. The van der Waals surface area contributed by atoms with E-state index in [1.54, 1.807) is 36.2 Å². The van der Waals surface area contributed by atoms with Gasteiger partial charge < -0.3 is 15.3 Å². The van der Waals surface area contributed by atoms with E-state index >= 15 is 0 Å². The van der Waals surface area contributed by atoms with E-state index in [1.807, 2.05) is 25.2 Å². The largest absolute Gasteiger partial charge is 0.508 e. The lowest BCUT2D eigenvalue weighted by Crippen LogP contribution is -2.39. The average molecular weight is 400 g/mol. The van der Waals surface area contributed by atoms with E-state index in [2.05, 4.69) is 22.1 Å². The summed E-state index contributed by atoms with van der Waals surface area (Å²) in [6.07, 6.45) is 3.84. The summed E-state index contributed by atoms with van der Waals surface area (Å²) in [5.41, 5.74) is 3.63. The summed E-state index contributed by atoms with van der Waals surface area (Å²) in [6.45, 7) is 3.36. The van der Waals surface area contributed by atoms with Crippen LogP contribution in [0.2, 0.25) is 0 Å². The second-order valence-corrected chi connectivity index (χ2v) is 7.52. The molecule has 0 unspecified atom stereocenters. The molecule has 0 radical (unpaired) electrons. The van der Waals surface area contributed by atoms with Crippen molar-refractivity contribution in [3.8, 4) is 28.8 Å². The molecule has 1 fully saturated rings. The Morgan fingerprint density at radius 1 is 1.33 bits per heavy atom. The Labute approximate surface area is 176 Å². The lowest BCUT2D eigenvalue weighted by atomic mass is 10.0. The number of rotatable bonds is 4. The Hall–Kier alpha value is -3.43. The summed E-state index contributed by atoms with van der Waals surface area (Å²) in [5, 5.41) is 13.3. The number of hydrogen-bond donors (Lipinski definition) is 2. The maximum Gasteiger partial charge on any atom is 0.257 e. The number of hydrogen-bond acceptors (Lipinski definition) is 5. The number of benzene rings is 1. The zero-order chi connectivity index (χ0) is 21.1. The van der Waals surface area contributed by atoms with Crippen molar-refractivity contribution in [3.05, 3.63) is 53.7 Å². The molecule has 152 valence electrons. The predicted octanol–water partition coefficient (Wildman–Crippen LogP) is 3.20. The van der Waals surface area contributed by atoms with Gasteiger partial charge in [-0.05, 0) is 50.6 Å². The first kappa shape index (κ1) is 19.9. The third-order valence-corrected chi connectivity index (χ3v) is 5.33. The van der Waals surface area contributed by atoms with Crippen LogP contribution in [0.25, 0.3) is 22.3 Å². The Bertz CT molecular complexity index is 1160. The van der Waals surface area contributed by atoms with Crippen molar-refractivity contribution < 1.29 is 9.90 Å². The zero-order valence-electron chi connectivity index (χ0n) is 17.1. The number of aromatic nitrogens is 2. The number of carbonyl (C=O) groups is 1. The second-order valence-electron chi connectivity index (χ2n) is 7.52. The van der Waals surface area contributed by atoms with Gasteiger partial charge in [0.25, 0.3) is 5.91 Å². The van der Waals surface area contributed by atoms with Crippen LogP contribution in [0.15, 0.2) is 42.6 Å². The summed E-state index contributed by atoms with van der Waals surface area (Å²) in [5.74, 6) is 5.94. The standard InChI is InChI=1S/C24H24N4O2/c1-3-6-17-14-26-21-11-10-20(16-7-4-9-19(29)13-16)27-23(21)22(17)24(30)28(2)15-18-8-5-12-25-18/h4,7,9-11,13-14,18,25,29H,5,8,12,15H2,1-2H3/t18-/m0/s1. The highest BCUT2D eigenvalue weighted by Crippen LogP contribution is 2.26. The lowest BCUT2D eigenvalue weighted by molar-refractivity contribution is 0.0785. The number of likely N-dealkylation sites (N-methyl/N-ethyl adjacent to an activating group) is 1. The number of amides is 1. The molecule has 2 N–H and O–H groups in total. The maximum absolute atomic E-state index is 13.5. The average Bonchev–Trinajstić information content (AvgIpc) is 3.26. The molecule has 0 saturated carbocycles. The molecule has 4 rings (SSSR count). The predicted molar refractivity (Wildman–Crippen MR) is 117 cm³/mol. The van der Waals surface area contributed by atoms with Crippen molar-refractivity contribution in [2.45, 2.75) is 25.8 Å². The third kappa shape index (κ3) is 3.98. The van der Waals surface area contributed by atoms with Gasteiger partial charge in [0.1, 0.15) is 11.3 Å². The van der Waals surface area contributed by atoms with Crippen LogP contribution >= 0.6 is 0 Å². The number of phenols is 1. The highest BCUT2D eigenvalue weighted by molar-refractivity contribution is 6.07. The Kier molecular flexibility index (Phi) is 5.64. The van der Waals surface area contributed by atoms with Crippen molar-refractivity contribution in [3.63, 3.8) is 0 Å². The van der Waals surface area contributed by atoms with E-state index in [1.165, 1.54) is 0 Å². The smallest absolute Gasteiger partial charge is 0.257 e. The molecule has 1 amide bonds. The molecule has 30 heavy (non-hydrogen) atoms. The normalized spacial score (nSPS) is 15.6. The second kappa shape index (κ2) is 8.52. The fourth-order valence-electron chi connectivity index (χ4n) is 3.85. The molecule has 1 aliphatic rings. The van der Waals surface area contributed by atoms with E-state index in [9.17, 15) is 9.90 Å². The van der Waals surface area contributed by atoms with Gasteiger partial charge in [-0.1, -0.05) is 18.1 Å². The molecule has 3 heterocycles. The SMILES string of the molecule is CC#Cc1cnc2ccc(-c3cccc(O)c3)nc2c1C(=O)N(C)C[C@@H]1CCCN1. The molecule has 1 saturated heterocycles. The van der Waals surface area contributed by atoms with Gasteiger partial charge in [0.2, 0.25) is 0 Å². The van der Waals surface area contributed by atoms with E-state index in [-0.39, 0.29) is 11.7 Å². The quantitative estimate of drug-likeness (QED) is 0.658. The first-order chi connectivity index (χ1) is 14.6. The number of aromatic hydroxyl groups is 1. The fraction of sp³-hybridized carbons (Fsp3) is 0.292. The first-order valence-corrected chi connectivity index (χ1v) is 10.1. The molecule has 1 atom stereocenters. The molecular formula is C24H24N4O2. The number of nitrogens with one attached hydrogen (secondary N) is 1. The molecule has 1 aliphatic heterocycles. The van der Waals surface area contributed by atoms with Crippen molar-refractivity contribution in [2.24, 2.45) is 0 Å². The molecule has 2 aromatic heterocycles. The van der Waals surface area contributed by atoms with Crippen LogP contribution in [-0.4, -0.2) is 52.1 Å². The minimum absolute atomic E-state index is 0.116. The van der Waals surface area contributed by atoms with Crippen LogP contribution < -0.4 is 5.32 Å². The van der Waals surface area contributed by atoms with Crippen LogP contribution in [0.5, 0.6) is 5.75 Å². The molecule has 0 spiro atoms. The highest BCUT2D eigenvalue weighted by Gasteiger charge is 2.24. The Morgan fingerprint density at radius 2 is 2.20 bits per heavy atom. The summed E-state index contributed by atoms with van der Waals surface area (Å²) in [7, 11) is 1.82. The number of nitrogens with zero attached hydrogens (tertiary/aromatic N) is 3. The third-order valence-electron chi connectivity index (χ3n) is 5.33. The molecule has 0 bridgehead atoms. The lowest BCUT2D eigenvalue weighted by Gasteiger charge is -2.22. The van der Waals surface area contributed by atoms with Gasteiger partial charge in [0, 0.05) is 31.4 Å². The van der Waals surface area contributed by atoms with E-state index in [0.717, 1.165) is 24.9 Å². The van der Waals surface area contributed by atoms with Gasteiger partial charge in [0.15, 0.2) is 0 Å². The zero-order valence-corrected chi connectivity index (χ0v) is 17.1. The number of fused-ring (bicyclic) bond motifs is 1. The van der Waals surface area contributed by atoms with E-state index in [0.29, 0.717) is 40.4 Å². The minimum atomic E-state index is -0.116. The van der Waals surface area contributed by atoms with Gasteiger partial charge in [0.05, 0.1) is 22.3 Å². The van der Waals surface area contributed by atoms with Crippen LogP contribution in [-0.2, 0) is 0 Å². The summed E-state index contributed by atoms with van der Waals surface area (Å²) in [4.78, 5) is 24.4. The van der Waals surface area contributed by atoms with Crippen molar-refractivity contribution >= 4 is 16.9 Å². The molecule has 3 aromatic rings. The van der Waals surface area contributed by atoms with Crippen LogP contribution in [0.3, 0.4) is 0 Å². The number of phenolic OH excluding ortho intramolecular Hbond substituents is 1. The highest BCUT2D eigenvalue weighted by atomic mass is 16.3. The van der Waals surface area contributed by atoms with Crippen LogP contribution in [0.1, 0.15) is 35.7 Å². The number of pyridine rings is 2. The first-order valence-electron chi connectivity index (χ1n) is 10.1. The van der Waals surface area contributed by atoms with Crippen molar-refractivity contribution in [1.82, 2.24) is 20.2 Å². The van der Waals surface area contributed by atoms with Gasteiger partial charge >= 0.3 is 0 Å². The van der Waals surface area contributed by atoms with E-state index in [4.69, 9.17) is 4.98 Å². The Balaban J connectivity index is 1.81. The maximum atomic E-state index is 13.5. The minimum Gasteiger partial charge on any atom is -0.508 e. The van der Waals surface area contributed by atoms with Gasteiger partial charge in [-0.15, -0.1) is 5.92 Å². The number of carbonyl (C=O) groups excluding carboxylic acids is 1. The van der Waals surface area contributed by atoms with Crippen LogP contribution in [0, 0.1) is 11.8 Å². The Morgan fingerprint density at radius 3 is 2.93 bits per heavy atom. The van der Waals surface area contributed by atoms with Gasteiger partial charge in [-0.3, -0.25) is 9.78 Å². The van der Waals surface area contributed by atoms with Gasteiger partial charge in [-0.25, -0.2) is 4.98 Å². The van der Waals surface area contributed by atoms with E-state index < -0.39 is 0 Å². The summed E-state index contributed by atoms with van der Waals surface area (Å²) >= 11 is 0. The topological polar surface area (TPSA) is 78.4 Å². The van der Waals surface area contributed by atoms with Gasteiger partial charge in [-0.2, -0.15) is 0 Å². The summed E-state index contributed by atoms with van der Waals surface area (Å²) in [6, 6.07) is 10.9. The monoisotopic (exact) mass is 400 g/mol. The molecule has 1 aromatic carbocycles. The molecule has 6 heteroatoms. The molecular weight excluding hydrogens is 376 g/mol. The van der Waals surface area contributed by atoms with Crippen molar-refractivity contribution in [1.29, 1.82) is 0 Å². The molecule has 6 nitrogen and oxygen atoms in total. The summed E-state index contributed by atoms with van der Waals surface area (Å²) < 4.78 is 0. The van der Waals surface area contributed by atoms with Crippen molar-refractivity contribution in [2.75, 3.05) is 20.1 Å².